The third kappa shape index (κ3) is 5.32. The van der Waals surface area contributed by atoms with E-state index < -0.39 is 0 Å². The summed E-state index contributed by atoms with van der Waals surface area (Å²) in [5, 5.41) is 5.49. The molecule has 0 radical (unpaired) electrons. The van der Waals surface area contributed by atoms with Crippen molar-refractivity contribution in [2.45, 2.75) is 32.7 Å². The van der Waals surface area contributed by atoms with E-state index in [9.17, 15) is 4.79 Å². The number of likely N-dealkylation sites (N-methyl/N-ethyl adjacent to an activating group) is 1. The fourth-order valence-electron chi connectivity index (χ4n) is 3.18. The van der Waals surface area contributed by atoms with Gasteiger partial charge in [-0.05, 0) is 48.9 Å². The Bertz CT molecular complexity index is 755. The molecule has 2 aromatic rings. The molecule has 0 spiro atoms. The third-order valence-electron chi connectivity index (χ3n) is 4.70. The van der Waals surface area contributed by atoms with E-state index in [2.05, 4.69) is 53.8 Å². The van der Waals surface area contributed by atoms with Gasteiger partial charge in [0, 0.05) is 43.7 Å². The minimum atomic E-state index is 0.225. The van der Waals surface area contributed by atoms with Gasteiger partial charge in [-0.25, -0.2) is 4.99 Å². The highest BCUT2D eigenvalue weighted by Crippen LogP contribution is 2.21. The Hall–Kier alpha value is -2.34. The first-order valence-corrected chi connectivity index (χ1v) is 10.5. The fraction of sp³-hybridized carbons (Fsp3) is 0.429. The lowest BCUT2D eigenvalue weighted by atomic mass is 10.2. The molecule has 5 nitrogen and oxygen atoms in total. The molecular weight excluding hydrogens is 356 g/mol. The number of nitrogens with one attached hydrogen (secondary N) is 1. The lowest BCUT2D eigenvalue weighted by Crippen LogP contribution is -2.39. The van der Waals surface area contributed by atoms with Crippen molar-refractivity contribution >= 4 is 28.9 Å². The van der Waals surface area contributed by atoms with Gasteiger partial charge in [0.15, 0.2) is 5.96 Å². The van der Waals surface area contributed by atoms with Crippen LogP contribution in [0.25, 0.3) is 0 Å². The largest absolute Gasteiger partial charge is 0.357 e. The molecular formula is C21H28N4OS. The van der Waals surface area contributed by atoms with E-state index in [4.69, 9.17) is 4.99 Å². The summed E-state index contributed by atoms with van der Waals surface area (Å²) >= 11 is 1.80. The highest BCUT2D eigenvalue weighted by Gasteiger charge is 2.21. The van der Waals surface area contributed by atoms with Gasteiger partial charge in [0.05, 0.1) is 6.54 Å². The van der Waals surface area contributed by atoms with E-state index in [0.717, 1.165) is 49.7 Å². The van der Waals surface area contributed by atoms with Gasteiger partial charge in [0.2, 0.25) is 5.91 Å². The number of nitrogens with zero attached hydrogens (tertiary/aromatic N) is 3. The first-order chi connectivity index (χ1) is 13.2. The van der Waals surface area contributed by atoms with E-state index in [1.54, 1.807) is 11.3 Å². The molecule has 1 aromatic carbocycles. The molecule has 0 aliphatic carbocycles. The number of benzene rings is 1. The van der Waals surface area contributed by atoms with Gasteiger partial charge in [-0.1, -0.05) is 18.2 Å². The van der Waals surface area contributed by atoms with Gasteiger partial charge >= 0.3 is 0 Å². The molecule has 0 saturated carbocycles. The molecule has 27 heavy (non-hydrogen) atoms. The average molecular weight is 385 g/mol. The molecule has 0 atom stereocenters. The van der Waals surface area contributed by atoms with Crippen LogP contribution in [0.2, 0.25) is 0 Å². The zero-order valence-electron chi connectivity index (χ0n) is 16.1. The van der Waals surface area contributed by atoms with Crippen molar-refractivity contribution in [2.75, 3.05) is 31.6 Å². The van der Waals surface area contributed by atoms with Crippen molar-refractivity contribution in [3.8, 4) is 0 Å². The van der Waals surface area contributed by atoms with E-state index >= 15 is 0 Å². The summed E-state index contributed by atoms with van der Waals surface area (Å²) in [6.07, 6.45) is 2.64. The van der Waals surface area contributed by atoms with Crippen LogP contribution in [0.3, 0.4) is 0 Å². The maximum absolute atomic E-state index is 11.9. The molecule has 2 heterocycles. The van der Waals surface area contributed by atoms with Crippen molar-refractivity contribution in [2.24, 2.45) is 4.99 Å². The minimum absolute atomic E-state index is 0.225. The number of anilines is 1. The molecule has 0 bridgehead atoms. The van der Waals surface area contributed by atoms with Crippen LogP contribution in [-0.4, -0.2) is 43.4 Å². The zero-order chi connectivity index (χ0) is 19.1. The second-order valence-electron chi connectivity index (χ2n) is 6.74. The lowest BCUT2D eigenvalue weighted by molar-refractivity contribution is -0.117. The molecule has 3 rings (SSSR count). The van der Waals surface area contributed by atoms with Crippen LogP contribution in [-0.2, 0) is 17.8 Å². The van der Waals surface area contributed by atoms with Crippen LogP contribution in [0.1, 0.15) is 30.2 Å². The molecule has 1 aliphatic heterocycles. The first kappa shape index (κ1) is 19.4. The van der Waals surface area contributed by atoms with Gasteiger partial charge in [-0.2, -0.15) is 0 Å². The summed E-state index contributed by atoms with van der Waals surface area (Å²) in [5.74, 6) is 1.15. The molecule has 1 fully saturated rings. The summed E-state index contributed by atoms with van der Waals surface area (Å²) in [6.45, 7) is 5.32. The second kappa shape index (κ2) is 9.55. The van der Waals surface area contributed by atoms with Crippen LogP contribution in [0.15, 0.2) is 46.8 Å². The maximum Gasteiger partial charge on any atom is 0.227 e. The van der Waals surface area contributed by atoms with Crippen molar-refractivity contribution < 1.29 is 4.79 Å². The monoisotopic (exact) mass is 384 g/mol. The Morgan fingerprint density at radius 1 is 1.30 bits per heavy atom. The van der Waals surface area contributed by atoms with Crippen LogP contribution in [0.5, 0.6) is 0 Å². The normalized spacial score (nSPS) is 14.7. The molecule has 1 amide bonds. The number of thiophene rings is 1. The number of amides is 1. The summed E-state index contributed by atoms with van der Waals surface area (Å²) in [5.41, 5.74) is 2.14. The topological polar surface area (TPSA) is 47.9 Å². The molecule has 1 aliphatic rings. The summed E-state index contributed by atoms with van der Waals surface area (Å²) < 4.78 is 0. The van der Waals surface area contributed by atoms with Gasteiger partial charge in [-0.3, -0.25) is 4.79 Å². The molecule has 6 heteroatoms. The van der Waals surface area contributed by atoms with Crippen molar-refractivity contribution in [1.82, 2.24) is 10.2 Å². The fourth-order valence-corrected chi connectivity index (χ4v) is 3.88. The SMILES string of the molecule is CCNC(=NCc1ccc(N2CCCC2=O)cc1)N(C)CCc1cccs1. The Morgan fingerprint density at radius 2 is 2.11 bits per heavy atom. The Morgan fingerprint density at radius 3 is 2.74 bits per heavy atom. The predicted octanol–water partition coefficient (Wildman–Crippen LogP) is 3.51. The summed E-state index contributed by atoms with van der Waals surface area (Å²) in [4.78, 5) is 22.1. The molecule has 1 N–H and O–H groups in total. The predicted molar refractivity (Wildman–Crippen MR) is 113 cm³/mol. The van der Waals surface area contributed by atoms with Gasteiger partial charge < -0.3 is 15.1 Å². The Kier molecular flexibility index (Phi) is 6.87. The lowest BCUT2D eigenvalue weighted by Gasteiger charge is -2.22. The van der Waals surface area contributed by atoms with E-state index in [1.165, 1.54) is 4.88 Å². The van der Waals surface area contributed by atoms with Crippen LogP contribution in [0.4, 0.5) is 5.69 Å². The van der Waals surface area contributed by atoms with Crippen molar-refractivity contribution in [3.63, 3.8) is 0 Å². The molecule has 1 saturated heterocycles. The highest BCUT2D eigenvalue weighted by molar-refractivity contribution is 7.09. The summed E-state index contributed by atoms with van der Waals surface area (Å²) in [7, 11) is 2.08. The summed E-state index contributed by atoms with van der Waals surface area (Å²) in [6, 6.07) is 12.5. The second-order valence-corrected chi connectivity index (χ2v) is 7.77. The number of rotatable bonds is 7. The van der Waals surface area contributed by atoms with Crippen LogP contribution < -0.4 is 10.2 Å². The molecule has 1 aromatic heterocycles. The number of aliphatic imine (C=N–C) groups is 1. The van der Waals surface area contributed by atoms with Gasteiger partial charge in [0.1, 0.15) is 0 Å². The third-order valence-corrected chi connectivity index (χ3v) is 5.64. The van der Waals surface area contributed by atoms with E-state index in [0.29, 0.717) is 13.0 Å². The number of hydrogen-bond donors (Lipinski definition) is 1. The number of guanidine groups is 1. The Labute approximate surface area is 165 Å². The Balaban J connectivity index is 1.59. The minimum Gasteiger partial charge on any atom is -0.357 e. The van der Waals surface area contributed by atoms with E-state index in [-0.39, 0.29) is 5.91 Å². The number of carbonyl (C=O) groups is 1. The van der Waals surface area contributed by atoms with Crippen LogP contribution >= 0.6 is 11.3 Å². The van der Waals surface area contributed by atoms with Crippen molar-refractivity contribution in [1.29, 1.82) is 0 Å². The number of carbonyl (C=O) groups excluding carboxylic acids is 1. The van der Waals surface area contributed by atoms with Crippen LogP contribution in [0, 0.1) is 0 Å². The quantitative estimate of drug-likeness (QED) is 0.587. The zero-order valence-corrected chi connectivity index (χ0v) is 17.0. The first-order valence-electron chi connectivity index (χ1n) is 9.58. The smallest absolute Gasteiger partial charge is 0.227 e. The molecule has 144 valence electrons. The molecule has 0 unspecified atom stereocenters. The maximum atomic E-state index is 11.9. The average Bonchev–Trinajstić information content (AvgIpc) is 3.35. The van der Waals surface area contributed by atoms with Gasteiger partial charge in [0.25, 0.3) is 0 Å². The standard InChI is InChI=1S/C21H28N4OS/c1-3-22-21(24(2)14-12-19-6-5-15-27-19)23-16-17-8-10-18(11-9-17)25-13-4-7-20(25)26/h5-6,8-11,15H,3-4,7,12-14,16H2,1-2H3,(H,22,23). The van der Waals surface area contributed by atoms with Crippen molar-refractivity contribution in [3.05, 3.63) is 52.2 Å². The number of hydrogen-bond acceptors (Lipinski definition) is 3. The van der Waals surface area contributed by atoms with E-state index in [1.807, 2.05) is 17.0 Å². The van der Waals surface area contributed by atoms with Gasteiger partial charge in [-0.15, -0.1) is 11.3 Å². The highest BCUT2D eigenvalue weighted by atomic mass is 32.1.